The quantitative estimate of drug-likeness (QED) is 0.779. The van der Waals surface area contributed by atoms with E-state index in [-0.39, 0.29) is 13.2 Å². The van der Waals surface area contributed by atoms with E-state index in [9.17, 15) is 10.2 Å². The average Bonchev–Trinajstić information content (AvgIpc) is 2.33. The number of aryl methyl sites for hydroxylation is 1. The van der Waals surface area contributed by atoms with Gasteiger partial charge in [0.15, 0.2) is 0 Å². The van der Waals surface area contributed by atoms with Crippen LogP contribution < -0.4 is 4.74 Å². The summed E-state index contributed by atoms with van der Waals surface area (Å²) in [6.45, 7) is 6.50. The lowest BCUT2D eigenvalue weighted by Gasteiger charge is -2.16. The van der Waals surface area contributed by atoms with Gasteiger partial charge in [0.2, 0.25) is 0 Å². The first-order valence-electron chi connectivity index (χ1n) is 6.21. The third-order valence-corrected chi connectivity index (χ3v) is 2.56. The summed E-state index contributed by atoms with van der Waals surface area (Å²) in [6.07, 6.45) is -1.25. The van der Waals surface area contributed by atoms with Gasteiger partial charge in [-0.15, -0.1) is 0 Å². The second kappa shape index (κ2) is 7.36. The number of rotatable bonds is 7. The van der Waals surface area contributed by atoms with Gasteiger partial charge in [0.05, 0.1) is 12.7 Å². The fraction of sp³-hybridized carbons (Fsp3) is 0.571. The molecule has 1 aromatic rings. The Kier molecular flexibility index (Phi) is 6.12. The van der Waals surface area contributed by atoms with Crippen molar-refractivity contribution in [3.8, 4) is 5.75 Å². The Morgan fingerprint density at radius 3 is 2.56 bits per heavy atom. The topological polar surface area (TPSA) is 58.9 Å². The number of hydrogen-bond donors (Lipinski definition) is 2. The SMILES string of the molecule is CCOCC(O)COc1cc(C)ccc1[C@@H](C)O. The van der Waals surface area contributed by atoms with Gasteiger partial charge in [-0.3, -0.25) is 0 Å². The monoisotopic (exact) mass is 254 g/mol. The van der Waals surface area contributed by atoms with Gasteiger partial charge in [-0.2, -0.15) is 0 Å². The fourth-order valence-electron chi connectivity index (χ4n) is 1.60. The molecule has 18 heavy (non-hydrogen) atoms. The van der Waals surface area contributed by atoms with Crippen molar-refractivity contribution in [1.82, 2.24) is 0 Å². The molecule has 0 fully saturated rings. The third kappa shape index (κ3) is 4.64. The summed E-state index contributed by atoms with van der Waals surface area (Å²) >= 11 is 0. The molecule has 2 N–H and O–H groups in total. The van der Waals surface area contributed by atoms with Crippen molar-refractivity contribution < 1.29 is 19.7 Å². The van der Waals surface area contributed by atoms with Gasteiger partial charge in [-0.25, -0.2) is 0 Å². The molecule has 0 aromatic heterocycles. The molecular formula is C14H22O4. The van der Waals surface area contributed by atoms with Gasteiger partial charge < -0.3 is 19.7 Å². The fourth-order valence-corrected chi connectivity index (χ4v) is 1.60. The molecule has 2 atom stereocenters. The predicted octanol–water partition coefficient (Wildman–Crippen LogP) is 1.82. The van der Waals surface area contributed by atoms with Crippen LogP contribution in [0, 0.1) is 6.92 Å². The largest absolute Gasteiger partial charge is 0.490 e. The first kappa shape index (κ1) is 15.0. The molecule has 1 rings (SSSR count). The zero-order valence-corrected chi connectivity index (χ0v) is 11.2. The molecule has 0 saturated carbocycles. The maximum absolute atomic E-state index is 9.63. The van der Waals surface area contributed by atoms with Gasteiger partial charge in [0, 0.05) is 12.2 Å². The van der Waals surface area contributed by atoms with E-state index in [0.29, 0.717) is 12.4 Å². The van der Waals surface area contributed by atoms with Gasteiger partial charge in [-0.1, -0.05) is 12.1 Å². The Labute approximate surface area is 108 Å². The Hall–Kier alpha value is -1.10. The minimum Gasteiger partial charge on any atom is -0.490 e. The molecule has 4 nitrogen and oxygen atoms in total. The lowest BCUT2D eigenvalue weighted by Crippen LogP contribution is -2.23. The average molecular weight is 254 g/mol. The summed E-state index contributed by atoms with van der Waals surface area (Å²) in [5.74, 6) is 0.612. The molecule has 0 spiro atoms. The molecule has 1 unspecified atom stereocenters. The van der Waals surface area contributed by atoms with Crippen LogP contribution in [0.2, 0.25) is 0 Å². The highest BCUT2D eigenvalue weighted by molar-refractivity contribution is 5.38. The number of benzene rings is 1. The highest BCUT2D eigenvalue weighted by Crippen LogP contribution is 2.26. The summed E-state index contributed by atoms with van der Waals surface area (Å²) in [5, 5.41) is 19.3. The summed E-state index contributed by atoms with van der Waals surface area (Å²) in [4.78, 5) is 0. The molecule has 102 valence electrons. The van der Waals surface area contributed by atoms with Crippen LogP contribution in [0.1, 0.15) is 31.1 Å². The molecule has 1 aromatic carbocycles. The number of hydrogen-bond acceptors (Lipinski definition) is 4. The van der Waals surface area contributed by atoms with E-state index in [1.165, 1.54) is 0 Å². The van der Waals surface area contributed by atoms with E-state index in [1.54, 1.807) is 6.92 Å². The van der Waals surface area contributed by atoms with Crippen LogP contribution in [0.4, 0.5) is 0 Å². The van der Waals surface area contributed by atoms with Crippen molar-refractivity contribution in [2.75, 3.05) is 19.8 Å². The molecule has 0 heterocycles. The second-order valence-electron chi connectivity index (χ2n) is 4.34. The van der Waals surface area contributed by atoms with E-state index in [1.807, 2.05) is 32.0 Å². The van der Waals surface area contributed by atoms with Gasteiger partial charge in [0.25, 0.3) is 0 Å². The van der Waals surface area contributed by atoms with Crippen LogP contribution in [0.15, 0.2) is 18.2 Å². The van der Waals surface area contributed by atoms with Crippen molar-refractivity contribution >= 4 is 0 Å². The highest BCUT2D eigenvalue weighted by Gasteiger charge is 2.11. The van der Waals surface area contributed by atoms with Crippen molar-refractivity contribution in [2.45, 2.75) is 33.0 Å². The summed E-state index contributed by atoms with van der Waals surface area (Å²) in [6, 6.07) is 5.62. The van der Waals surface area contributed by atoms with E-state index in [0.717, 1.165) is 11.1 Å². The molecule has 4 heteroatoms. The van der Waals surface area contributed by atoms with E-state index >= 15 is 0 Å². The Bertz CT molecular complexity index is 363. The smallest absolute Gasteiger partial charge is 0.125 e. The Balaban J connectivity index is 2.62. The lowest BCUT2D eigenvalue weighted by atomic mass is 10.1. The molecule has 0 saturated heterocycles. The van der Waals surface area contributed by atoms with Crippen LogP contribution in [0.5, 0.6) is 5.75 Å². The standard InChI is InChI=1S/C14H22O4/c1-4-17-8-12(16)9-18-14-7-10(2)5-6-13(14)11(3)15/h5-7,11-12,15-16H,4,8-9H2,1-3H3/t11-,12?/m1/s1. The van der Waals surface area contributed by atoms with Gasteiger partial charge in [-0.05, 0) is 32.4 Å². The number of aliphatic hydroxyl groups excluding tert-OH is 2. The van der Waals surface area contributed by atoms with Gasteiger partial charge in [0.1, 0.15) is 18.5 Å². The van der Waals surface area contributed by atoms with Crippen LogP contribution in [0.3, 0.4) is 0 Å². The lowest BCUT2D eigenvalue weighted by molar-refractivity contribution is 0.0158. The molecule has 0 aliphatic carbocycles. The zero-order valence-electron chi connectivity index (χ0n) is 11.2. The van der Waals surface area contributed by atoms with Crippen LogP contribution in [-0.4, -0.2) is 36.1 Å². The molecule has 0 aliphatic heterocycles. The van der Waals surface area contributed by atoms with Crippen molar-refractivity contribution in [1.29, 1.82) is 0 Å². The van der Waals surface area contributed by atoms with Crippen LogP contribution in [0.25, 0.3) is 0 Å². The third-order valence-electron chi connectivity index (χ3n) is 2.56. The number of aliphatic hydroxyl groups is 2. The zero-order chi connectivity index (χ0) is 13.5. The predicted molar refractivity (Wildman–Crippen MR) is 69.8 cm³/mol. The highest BCUT2D eigenvalue weighted by atomic mass is 16.5. The van der Waals surface area contributed by atoms with E-state index < -0.39 is 12.2 Å². The Morgan fingerprint density at radius 2 is 1.94 bits per heavy atom. The normalized spacial score (nSPS) is 14.3. The summed E-state index contributed by atoms with van der Waals surface area (Å²) in [5.41, 5.74) is 1.78. The van der Waals surface area contributed by atoms with Crippen molar-refractivity contribution in [2.24, 2.45) is 0 Å². The van der Waals surface area contributed by atoms with E-state index in [4.69, 9.17) is 9.47 Å². The Morgan fingerprint density at radius 1 is 1.22 bits per heavy atom. The van der Waals surface area contributed by atoms with Crippen molar-refractivity contribution in [3.05, 3.63) is 29.3 Å². The van der Waals surface area contributed by atoms with Gasteiger partial charge >= 0.3 is 0 Å². The first-order valence-corrected chi connectivity index (χ1v) is 6.21. The summed E-state index contributed by atoms with van der Waals surface area (Å²) in [7, 11) is 0. The van der Waals surface area contributed by atoms with Crippen molar-refractivity contribution in [3.63, 3.8) is 0 Å². The molecule has 0 aliphatic rings. The van der Waals surface area contributed by atoms with Crippen LogP contribution in [-0.2, 0) is 4.74 Å². The first-order chi connectivity index (χ1) is 8.54. The minimum absolute atomic E-state index is 0.156. The maximum atomic E-state index is 9.63. The maximum Gasteiger partial charge on any atom is 0.125 e. The summed E-state index contributed by atoms with van der Waals surface area (Å²) < 4.78 is 10.7. The van der Waals surface area contributed by atoms with Crippen LogP contribution >= 0.6 is 0 Å². The number of ether oxygens (including phenoxy) is 2. The minimum atomic E-state index is -0.660. The molecule has 0 amide bonds. The second-order valence-corrected chi connectivity index (χ2v) is 4.34. The molecule has 0 radical (unpaired) electrons. The van der Waals surface area contributed by atoms with E-state index in [2.05, 4.69) is 0 Å². The molecular weight excluding hydrogens is 232 g/mol. The molecule has 0 bridgehead atoms.